The quantitative estimate of drug-likeness (QED) is 0.908. The van der Waals surface area contributed by atoms with Crippen LogP contribution in [0.1, 0.15) is 29.7 Å². The second-order valence-corrected chi connectivity index (χ2v) is 6.74. The van der Waals surface area contributed by atoms with Crippen molar-refractivity contribution in [1.29, 1.82) is 0 Å². The van der Waals surface area contributed by atoms with Crippen molar-refractivity contribution in [2.75, 3.05) is 11.9 Å². The van der Waals surface area contributed by atoms with E-state index in [1.54, 1.807) is 6.20 Å². The number of carbonyl (C=O) groups excluding carboxylic acids is 2. The van der Waals surface area contributed by atoms with Crippen molar-refractivity contribution in [3.8, 4) is 0 Å². The van der Waals surface area contributed by atoms with Gasteiger partial charge in [0.05, 0.1) is 12.3 Å². The fourth-order valence-corrected chi connectivity index (χ4v) is 3.10. The van der Waals surface area contributed by atoms with Gasteiger partial charge in [0, 0.05) is 30.3 Å². The van der Waals surface area contributed by atoms with Crippen LogP contribution >= 0.6 is 11.3 Å². The van der Waals surface area contributed by atoms with Gasteiger partial charge in [0.2, 0.25) is 11.8 Å². The summed E-state index contributed by atoms with van der Waals surface area (Å²) in [7, 11) is 0. The van der Waals surface area contributed by atoms with Crippen LogP contribution in [0, 0.1) is 6.92 Å². The van der Waals surface area contributed by atoms with Gasteiger partial charge in [-0.25, -0.2) is 9.99 Å². The van der Waals surface area contributed by atoms with Crippen LogP contribution in [0.4, 0.5) is 5.13 Å². The molecule has 2 amide bonds. The average molecular weight is 342 g/mol. The van der Waals surface area contributed by atoms with E-state index in [4.69, 9.17) is 0 Å². The van der Waals surface area contributed by atoms with E-state index in [1.807, 2.05) is 37.3 Å². The molecule has 6 nitrogen and oxygen atoms in total. The molecule has 0 fully saturated rings. The molecule has 0 unspecified atom stereocenters. The fraction of sp³-hybridized carbons (Fsp3) is 0.294. The Bertz CT molecular complexity index is 770. The first-order valence-electron chi connectivity index (χ1n) is 7.77. The summed E-state index contributed by atoms with van der Waals surface area (Å²) in [6, 6.07) is 9.82. The maximum atomic E-state index is 12.2. The van der Waals surface area contributed by atoms with Crippen molar-refractivity contribution in [1.82, 2.24) is 9.99 Å². The van der Waals surface area contributed by atoms with Gasteiger partial charge in [-0.2, -0.15) is 5.10 Å². The highest BCUT2D eigenvalue weighted by molar-refractivity contribution is 7.15. The van der Waals surface area contributed by atoms with Crippen molar-refractivity contribution in [3.05, 3.63) is 47.0 Å². The van der Waals surface area contributed by atoms with E-state index in [1.165, 1.54) is 16.3 Å². The van der Waals surface area contributed by atoms with Crippen LogP contribution in [0.25, 0.3) is 0 Å². The molecule has 0 saturated heterocycles. The summed E-state index contributed by atoms with van der Waals surface area (Å²) in [6.07, 6.45) is 2.71. The molecular weight excluding hydrogens is 324 g/mol. The molecular formula is C17H18N4O2S. The first-order valence-corrected chi connectivity index (χ1v) is 8.59. The summed E-state index contributed by atoms with van der Waals surface area (Å²) >= 11 is 1.41. The normalized spacial score (nSPS) is 13.7. The second kappa shape index (κ2) is 7.35. The van der Waals surface area contributed by atoms with Crippen LogP contribution in [0.2, 0.25) is 0 Å². The van der Waals surface area contributed by atoms with Gasteiger partial charge in [-0.15, -0.1) is 11.3 Å². The van der Waals surface area contributed by atoms with Crippen LogP contribution in [-0.4, -0.2) is 34.1 Å². The smallest absolute Gasteiger partial charge is 0.243 e. The van der Waals surface area contributed by atoms with Gasteiger partial charge >= 0.3 is 0 Å². The molecule has 0 bridgehead atoms. The molecule has 124 valence electrons. The van der Waals surface area contributed by atoms with E-state index < -0.39 is 0 Å². The largest absolute Gasteiger partial charge is 0.302 e. The minimum Gasteiger partial charge on any atom is -0.302 e. The molecule has 1 N–H and O–H groups in total. The van der Waals surface area contributed by atoms with Gasteiger partial charge in [-0.1, -0.05) is 30.3 Å². The zero-order valence-corrected chi connectivity index (χ0v) is 14.2. The minimum atomic E-state index is -0.204. The Morgan fingerprint density at radius 2 is 2.04 bits per heavy atom. The van der Waals surface area contributed by atoms with E-state index >= 15 is 0 Å². The van der Waals surface area contributed by atoms with E-state index in [2.05, 4.69) is 15.4 Å². The lowest BCUT2D eigenvalue weighted by Crippen LogP contribution is -2.24. The molecule has 7 heteroatoms. The van der Waals surface area contributed by atoms with E-state index in [0.29, 0.717) is 11.7 Å². The Balaban J connectivity index is 1.50. The zero-order chi connectivity index (χ0) is 16.9. The van der Waals surface area contributed by atoms with Gasteiger partial charge < -0.3 is 5.32 Å². The van der Waals surface area contributed by atoms with Crippen LogP contribution in [0.3, 0.4) is 0 Å². The summed E-state index contributed by atoms with van der Waals surface area (Å²) in [5.41, 5.74) is 1.94. The maximum absolute atomic E-state index is 12.2. The lowest BCUT2D eigenvalue weighted by Gasteiger charge is -2.10. The number of carbonyl (C=O) groups is 2. The third kappa shape index (κ3) is 4.05. The van der Waals surface area contributed by atoms with Crippen molar-refractivity contribution in [3.63, 3.8) is 0 Å². The van der Waals surface area contributed by atoms with Gasteiger partial charge in [-0.05, 0) is 12.5 Å². The number of hydrazone groups is 1. The Morgan fingerprint density at radius 1 is 1.25 bits per heavy atom. The molecule has 0 radical (unpaired) electrons. The maximum Gasteiger partial charge on any atom is 0.243 e. The number of nitrogens with one attached hydrogen (secondary N) is 1. The fourth-order valence-electron chi connectivity index (χ4n) is 2.41. The first kappa shape index (κ1) is 16.3. The predicted molar refractivity (Wildman–Crippen MR) is 94.0 cm³/mol. The number of anilines is 1. The van der Waals surface area contributed by atoms with Crippen LogP contribution < -0.4 is 5.32 Å². The molecule has 0 spiro atoms. The minimum absolute atomic E-state index is 0.129. The molecule has 1 aliphatic rings. The van der Waals surface area contributed by atoms with Gasteiger partial charge in [-0.3, -0.25) is 9.59 Å². The highest BCUT2D eigenvalue weighted by atomic mass is 32.1. The second-order valence-electron chi connectivity index (χ2n) is 5.50. The number of nitrogens with zero attached hydrogens (tertiary/aromatic N) is 3. The van der Waals surface area contributed by atoms with Crippen molar-refractivity contribution >= 4 is 34.0 Å². The van der Waals surface area contributed by atoms with Gasteiger partial charge in [0.15, 0.2) is 5.13 Å². The summed E-state index contributed by atoms with van der Waals surface area (Å²) < 4.78 is 0. The molecule has 0 aliphatic carbocycles. The predicted octanol–water partition coefficient (Wildman–Crippen LogP) is 2.81. The molecule has 1 aromatic carbocycles. The van der Waals surface area contributed by atoms with Crippen LogP contribution in [0.15, 0.2) is 41.6 Å². The number of hydrogen-bond donors (Lipinski definition) is 1. The van der Waals surface area contributed by atoms with Gasteiger partial charge in [0.25, 0.3) is 0 Å². The van der Waals surface area contributed by atoms with E-state index in [-0.39, 0.29) is 24.7 Å². The third-order valence-electron chi connectivity index (χ3n) is 3.63. The first-order chi connectivity index (χ1) is 11.6. The number of hydrogen-bond acceptors (Lipinski definition) is 5. The number of benzene rings is 1. The summed E-state index contributed by atoms with van der Waals surface area (Å²) in [5, 5.41) is 9.11. The summed E-state index contributed by atoms with van der Waals surface area (Å²) in [6.45, 7) is 2.49. The number of aromatic nitrogens is 1. The molecule has 1 aromatic heterocycles. The Morgan fingerprint density at radius 3 is 2.75 bits per heavy atom. The summed E-state index contributed by atoms with van der Waals surface area (Å²) in [5.74, 6) is -0.337. The lowest BCUT2D eigenvalue weighted by atomic mass is 10.1. The number of rotatable bonds is 5. The highest BCUT2D eigenvalue weighted by Crippen LogP contribution is 2.18. The molecule has 0 atom stereocenters. The van der Waals surface area contributed by atoms with Crippen molar-refractivity contribution in [2.24, 2.45) is 5.10 Å². The van der Waals surface area contributed by atoms with E-state index in [0.717, 1.165) is 22.6 Å². The summed E-state index contributed by atoms with van der Waals surface area (Å²) in [4.78, 5) is 29.2. The molecule has 0 saturated carbocycles. The number of aryl methyl sites for hydroxylation is 1. The standard InChI is InChI=1S/C17H18N4O2S/c1-12-11-18-17(24-12)19-15(22)7-8-16(23)21-10-9-14(20-21)13-5-3-2-4-6-13/h2-6,11H,7-10H2,1H3,(H,18,19,22). The highest BCUT2D eigenvalue weighted by Gasteiger charge is 2.22. The van der Waals surface area contributed by atoms with Crippen molar-refractivity contribution in [2.45, 2.75) is 26.2 Å². The lowest BCUT2D eigenvalue weighted by molar-refractivity contribution is -0.132. The molecule has 24 heavy (non-hydrogen) atoms. The van der Waals surface area contributed by atoms with E-state index in [9.17, 15) is 9.59 Å². The topological polar surface area (TPSA) is 74.7 Å². The Labute approximate surface area is 144 Å². The molecule has 2 heterocycles. The zero-order valence-electron chi connectivity index (χ0n) is 13.4. The number of thiazole rings is 1. The number of amides is 2. The van der Waals surface area contributed by atoms with Gasteiger partial charge in [0.1, 0.15) is 0 Å². The Kier molecular flexibility index (Phi) is 5.00. The molecule has 3 rings (SSSR count). The van der Waals surface area contributed by atoms with Crippen LogP contribution in [-0.2, 0) is 9.59 Å². The van der Waals surface area contributed by atoms with Crippen molar-refractivity contribution < 1.29 is 9.59 Å². The molecule has 2 aromatic rings. The monoisotopic (exact) mass is 342 g/mol. The Hall–Kier alpha value is -2.54. The average Bonchev–Trinajstić information content (AvgIpc) is 3.23. The molecule has 1 aliphatic heterocycles. The third-order valence-corrected chi connectivity index (χ3v) is 4.46. The van der Waals surface area contributed by atoms with Crippen LogP contribution in [0.5, 0.6) is 0 Å². The SMILES string of the molecule is Cc1cnc(NC(=O)CCC(=O)N2CCC(c3ccccc3)=N2)s1.